The first-order valence-corrected chi connectivity index (χ1v) is 4.13. The molecular weight excluding hydrogens is 158 g/mol. The summed E-state index contributed by atoms with van der Waals surface area (Å²) >= 11 is 0. The van der Waals surface area contributed by atoms with Crippen molar-refractivity contribution in [3.05, 3.63) is 0 Å². The topological polar surface area (TPSA) is 38.8 Å². The zero-order valence-corrected chi connectivity index (χ0v) is 7.58. The first-order valence-electron chi connectivity index (χ1n) is 4.13. The number of carbonyl (C=O) groups is 1. The average Bonchev–Trinajstić information content (AvgIpc) is 2.52. The minimum absolute atomic E-state index is 0.211. The monoisotopic (exact) mass is 173 g/mol. The van der Waals surface area contributed by atoms with Crippen molar-refractivity contribution in [3.63, 3.8) is 0 Å². The van der Waals surface area contributed by atoms with Crippen molar-refractivity contribution >= 4 is 6.09 Å². The Bertz CT molecular complexity index is 160. The molecule has 0 aromatic carbocycles. The Kier molecular flexibility index (Phi) is 3.34. The van der Waals surface area contributed by atoms with Gasteiger partial charge in [0.15, 0.2) is 0 Å². The third-order valence-corrected chi connectivity index (χ3v) is 2.15. The number of hydrogen-bond donors (Lipinski definition) is 0. The number of likely N-dealkylation sites (tertiary alicyclic amines) is 1. The second-order valence-corrected chi connectivity index (χ2v) is 2.91. The van der Waals surface area contributed by atoms with Crippen LogP contribution >= 0.6 is 0 Å². The van der Waals surface area contributed by atoms with Gasteiger partial charge in [-0.05, 0) is 12.8 Å². The van der Waals surface area contributed by atoms with Gasteiger partial charge in [0.05, 0.1) is 19.8 Å². The minimum atomic E-state index is -0.241. The fourth-order valence-electron chi connectivity index (χ4n) is 1.56. The third-order valence-electron chi connectivity index (χ3n) is 2.15. The Morgan fingerprint density at radius 3 is 2.92 bits per heavy atom. The Morgan fingerprint density at radius 2 is 2.33 bits per heavy atom. The first-order chi connectivity index (χ1) is 5.79. The van der Waals surface area contributed by atoms with Gasteiger partial charge in [-0.1, -0.05) is 0 Å². The van der Waals surface area contributed by atoms with Gasteiger partial charge in [-0.2, -0.15) is 0 Å². The van der Waals surface area contributed by atoms with Crippen LogP contribution in [0.15, 0.2) is 0 Å². The van der Waals surface area contributed by atoms with E-state index >= 15 is 0 Å². The molecule has 1 unspecified atom stereocenters. The molecule has 1 heterocycles. The standard InChI is InChI=1S/C8H15NO3/c1-11-6-7-4-3-5-9(7)8(10)12-2/h7H,3-6H2,1-2H3. The van der Waals surface area contributed by atoms with Crippen molar-refractivity contribution < 1.29 is 14.3 Å². The van der Waals surface area contributed by atoms with Gasteiger partial charge in [0.2, 0.25) is 0 Å². The molecule has 0 saturated carbocycles. The molecule has 1 atom stereocenters. The average molecular weight is 173 g/mol. The molecule has 0 radical (unpaired) electrons. The molecule has 4 nitrogen and oxygen atoms in total. The van der Waals surface area contributed by atoms with E-state index < -0.39 is 0 Å². The van der Waals surface area contributed by atoms with E-state index in [2.05, 4.69) is 4.74 Å². The normalized spacial score (nSPS) is 22.8. The van der Waals surface area contributed by atoms with Crippen LogP contribution in [0.4, 0.5) is 4.79 Å². The number of nitrogens with zero attached hydrogens (tertiary/aromatic N) is 1. The predicted molar refractivity (Wildman–Crippen MR) is 44.0 cm³/mol. The van der Waals surface area contributed by atoms with E-state index in [1.807, 2.05) is 0 Å². The molecule has 0 aromatic heterocycles. The van der Waals surface area contributed by atoms with Crippen molar-refractivity contribution in [2.24, 2.45) is 0 Å². The van der Waals surface area contributed by atoms with E-state index in [0.717, 1.165) is 19.4 Å². The van der Waals surface area contributed by atoms with Crippen LogP contribution in [0.3, 0.4) is 0 Å². The fraction of sp³-hybridized carbons (Fsp3) is 0.875. The second kappa shape index (κ2) is 4.30. The van der Waals surface area contributed by atoms with Gasteiger partial charge >= 0.3 is 6.09 Å². The summed E-state index contributed by atoms with van der Waals surface area (Å²) in [6.45, 7) is 1.40. The molecule has 0 N–H and O–H groups in total. The lowest BCUT2D eigenvalue weighted by Crippen LogP contribution is -2.37. The summed E-state index contributed by atoms with van der Waals surface area (Å²) < 4.78 is 9.64. The van der Waals surface area contributed by atoms with E-state index in [-0.39, 0.29) is 12.1 Å². The Balaban J connectivity index is 2.45. The first kappa shape index (κ1) is 9.32. The summed E-state index contributed by atoms with van der Waals surface area (Å²) in [4.78, 5) is 12.9. The Labute approximate surface area is 72.4 Å². The molecule has 1 saturated heterocycles. The van der Waals surface area contributed by atoms with Gasteiger partial charge in [0, 0.05) is 13.7 Å². The molecule has 0 spiro atoms. The van der Waals surface area contributed by atoms with Crippen LogP contribution in [0.2, 0.25) is 0 Å². The number of amides is 1. The summed E-state index contributed by atoms with van der Waals surface area (Å²) in [6.07, 6.45) is 1.82. The van der Waals surface area contributed by atoms with Crippen LogP contribution in [0.5, 0.6) is 0 Å². The summed E-state index contributed by atoms with van der Waals surface area (Å²) in [5, 5.41) is 0. The number of ether oxygens (including phenoxy) is 2. The number of methoxy groups -OCH3 is 2. The molecule has 12 heavy (non-hydrogen) atoms. The highest BCUT2D eigenvalue weighted by Crippen LogP contribution is 2.17. The fourth-order valence-corrected chi connectivity index (χ4v) is 1.56. The highest BCUT2D eigenvalue weighted by molar-refractivity contribution is 5.68. The molecule has 1 rings (SSSR count). The Hall–Kier alpha value is -0.770. The summed E-state index contributed by atoms with van der Waals surface area (Å²) in [5.74, 6) is 0. The van der Waals surface area contributed by atoms with Crippen LogP contribution in [-0.2, 0) is 9.47 Å². The smallest absolute Gasteiger partial charge is 0.409 e. The van der Waals surface area contributed by atoms with Gasteiger partial charge in [0.1, 0.15) is 0 Å². The van der Waals surface area contributed by atoms with E-state index in [0.29, 0.717) is 6.61 Å². The van der Waals surface area contributed by atoms with E-state index in [1.54, 1.807) is 12.0 Å². The SMILES string of the molecule is COCC1CCCN1C(=O)OC. The molecule has 4 heteroatoms. The van der Waals surface area contributed by atoms with Crippen molar-refractivity contribution in [1.82, 2.24) is 4.90 Å². The minimum Gasteiger partial charge on any atom is -0.453 e. The molecule has 1 aliphatic heterocycles. The highest BCUT2D eigenvalue weighted by atomic mass is 16.5. The Morgan fingerprint density at radius 1 is 1.58 bits per heavy atom. The van der Waals surface area contributed by atoms with Crippen LogP contribution in [0.25, 0.3) is 0 Å². The maximum absolute atomic E-state index is 11.1. The number of carbonyl (C=O) groups excluding carboxylic acids is 1. The molecule has 1 fully saturated rings. The molecule has 0 bridgehead atoms. The van der Waals surface area contributed by atoms with Gasteiger partial charge in [-0.15, -0.1) is 0 Å². The predicted octanol–water partition coefficient (Wildman–Crippen LogP) is 0.864. The highest BCUT2D eigenvalue weighted by Gasteiger charge is 2.28. The maximum atomic E-state index is 11.1. The van der Waals surface area contributed by atoms with E-state index in [4.69, 9.17) is 4.74 Å². The van der Waals surface area contributed by atoms with Gasteiger partial charge in [-0.3, -0.25) is 0 Å². The van der Waals surface area contributed by atoms with E-state index in [1.165, 1.54) is 7.11 Å². The summed E-state index contributed by atoms with van der Waals surface area (Å²) in [6, 6.07) is 0.211. The maximum Gasteiger partial charge on any atom is 0.409 e. The van der Waals surface area contributed by atoms with Crippen molar-refractivity contribution in [3.8, 4) is 0 Å². The zero-order valence-electron chi connectivity index (χ0n) is 7.58. The molecule has 0 aromatic rings. The molecule has 0 aliphatic carbocycles. The largest absolute Gasteiger partial charge is 0.453 e. The van der Waals surface area contributed by atoms with Gasteiger partial charge < -0.3 is 14.4 Å². The second-order valence-electron chi connectivity index (χ2n) is 2.91. The van der Waals surface area contributed by atoms with Crippen molar-refractivity contribution in [1.29, 1.82) is 0 Å². The lowest BCUT2D eigenvalue weighted by molar-refractivity contribution is 0.0873. The lowest BCUT2D eigenvalue weighted by atomic mass is 10.2. The van der Waals surface area contributed by atoms with E-state index in [9.17, 15) is 4.79 Å². The van der Waals surface area contributed by atoms with Crippen LogP contribution in [-0.4, -0.2) is 44.4 Å². The van der Waals surface area contributed by atoms with Crippen molar-refractivity contribution in [2.45, 2.75) is 18.9 Å². The number of hydrogen-bond acceptors (Lipinski definition) is 3. The van der Waals surface area contributed by atoms with Crippen LogP contribution < -0.4 is 0 Å². The van der Waals surface area contributed by atoms with Crippen molar-refractivity contribution in [2.75, 3.05) is 27.4 Å². The molecule has 70 valence electrons. The molecular formula is C8H15NO3. The molecule has 1 aliphatic rings. The third kappa shape index (κ3) is 1.88. The zero-order chi connectivity index (χ0) is 8.97. The molecule has 1 amide bonds. The summed E-state index contributed by atoms with van der Waals surface area (Å²) in [5.41, 5.74) is 0. The van der Waals surface area contributed by atoms with Crippen LogP contribution in [0, 0.1) is 0 Å². The lowest BCUT2D eigenvalue weighted by Gasteiger charge is -2.22. The van der Waals surface area contributed by atoms with Gasteiger partial charge in [-0.25, -0.2) is 4.79 Å². The summed E-state index contributed by atoms with van der Waals surface area (Å²) in [7, 11) is 3.05. The number of rotatable bonds is 2. The van der Waals surface area contributed by atoms with Crippen LogP contribution in [0.1, 0.15) is 12.8 Å². The quantitative estimate of drug-likeness (QED) is 0.621. The van der Waals surface area contributed by atoms with Gasteiger partial charge in [0.25, 0.3) is 0 Å².